The van der Waals surface area contributed by atoms with Crippen molar-refractivity contribution < 1.29 is 47.5 Å². The van der Waals surface area contributed by atoms with Crippen LogP contribution in [-0.2, 0) is 25.6 Å². The van der Waals surface area contributed by atoms with E-state index in [1.54, 1.807) is 19.1 Å². The summed E-state index contributed by atoms with van der Waals surface area (Å²) < 4.78 is 22.5. The maximum atomic E-state index is 13.4. The lowest BCUT2D eigenvalue weighted by atomic mass is 9.90. The van der Waals surface area contributed by atoms with E-state index in [1.165, 1.54) is 23.3 Å². The van der Waals surface area contributed by atoms with Gasteiger partial charge in [0.1, 0.15) is 24.4 Å². The molecule has 266 valence electrons. The summed E-state index contributed by atoms with van der Waals surface area (Å²) in [6.45, 7) is 5.86. The zero-order valence-electron chi connectivity index (χ0n) is 27.9. The van der Waals surface area contributed by atoms with Gasteiger partial charge in [0.25, 0.3) is 11.8 Å². The van der Waals surface area contributed by atoms with Gasteiger partial charge in [-0.1, -0.05) is 69.5 Å². The molecule has 0 spiro atoms. The minimum atomic E-state index is -4.45. The Kier molecular flexibility index (Phi) is 15.5. The first-order valence-corrected chi connectivity index (χ1v) is 18.0. The van der Waals surface area contributed by atoms with E-state index < -0.39 is 37.7 Å². The molecule has 0 aliphatic rings. The summed E-state index contributed by atoms with van der Waals surface area (Å²) in [5.41, 5.74) is 1.43. The monoisotopic (exact) mass is 700 g/mol. The molecular formula is C34H45N4O10P. The van der Waals surface area contributed by atoms with E-state index >= 15 is 0 Å². The van der Waals surface area contributed by atoms with Crippen LogP contribution in [0, 0.1) is 5.92 Å². The lowest BCUT2D eigenvalue weighted by Crippen LogP contribution is -2.48. The first-order valence-electron chi connectivity index (χ1n) is 16.2. The Labute approximate surface area is 285 Å². The number of hydroxylamine groups is 2. The Balaban J connectivity index is 1.64. The topological polar surface area (TPSA) is 197 Å². The van der Waals surface area contributed by atoms with Gasteiger partial charge in [-0.25, -0.2) is 5.06 Å². The van der Waals surface area contributed by atoms with Crippen molar-refractivity contribution in [3.63, 3.8) is 0 Å². The molecule has 0 bridgehead atoms. The molecule has 4 amide bonds. The number of unbranched alkanes of at least 4 members (excludes halogenated alkanes) is 2. The van der Waals surface area contributed by atoms with Crippen LogP contribution in [0.4, 0.5) is 0 Å². The molecule has 1 aromatic heterocycles. The number of nitrogens with one attached hydrogen (secondary N) is 3. The zero-order chi connectivity index (χ0) is 35.8. The lowest BCUT2D eigenvalue weighted by molar-refractivity contribution is -0.200. The molecule has 3 rings (SSSR count). The summed E-state index contributed by atoms with van der Waals surface area (Å²) in [5, 5.41) is 8.78. The average molecular weight is 701 g/mol. The van der Waals surface area contributed by atoms with Crippen molar-refractivity contribution in [2.24, 2.45) is 5.92 Å². The van der Waals surface area contributed by atoms with Gasteiger partial charge in [0.15, 0.2) is 5.76 Å². The third-order valence-corrected chi connectivity index (χ3v) is 8.16. The fraction of sp³-hybridized carbons (Fsp3) is 0.412. The third kappa shape index (κ3) is 12.2. The largest absolute Gasteiger partial charge is 0.493 e. The highest BCUT2D eigenvalue weighted by molar-refractivity contribution is 7.51. The van der Waals surface area contributed by atoms with Gasteiger partial charge in [-0.15, -0.1) is 0 Å². The minimum Gasteiger partial charge on any atom is -0.493 e. The van der Waals surface area contributed by atoms with Crippen molar-refractivity contribution in [1.29, 1.82) is 0 Å². The summed E-state index contributed by atoms with van der Waals surface area (Å²) in [7, 11) is -4.45. The van der Waals surface area contributed by atoms with Crippen molar-refractivity contribution in [2.75, 3.05) is 19.6 Å². The van der Waals surface area contributed by atoms with Gasteiger partial charge in [0.2, 0.25) is 12.3 Å². The Morgan fingerprint density at radius 1 is 0.959 bits per heavy atom. The number of carbonyl (C=O) groups excluding carboxylic acids is 4. The van der Waals surface area contributed by atoms with Gasteiger partial charge in [0.05, 0.1) is 30.8 Å². The zero-order valence-corrected chi connectivity index (χ0v) is 28.8. The number of hydrogen-bond acceptors (Lipinski definition) is 8. The van der Waals surface area contributed by atoms with Crippen LogP contribution < -0.4 is 20.7 Å². The van der Waals surface area contributed by atoms with Crippen molar-refractivity contribution in [3.8, 4) is 17.1 Å². The predicted octanol–water partition coefficient (Wildman–Crippen LogP) is 4.58. The number of ether oxygens (including phenoxy) is 1. The second kappa shape index (κ2) is 19.5. The maximum absolute atomic E-state index is 13.4. The Hall–Kier alpha value is -4.49. The summed E-state index contributed by atoms with van der Waals surface area (Å²) in [6.07, 6.45) is 3.43. The van der Waals surface area contributed by atoms with Gasteiger partial charge in [0, 0.05) is 5.56 Å². The van der Waals surface area contributed by atoms with Crippen LogP contribution in [0.15, 0.2) is 65.1 Å². The number of carbonyl (C=O) groups is 4. The maximum Gasteiger partial charge on any atom is 0.344 e. The molecule has 1 heterocycles. The van der Waals surface area contributed by atoms with Crippen molar-refractivity contribution in [3.05, 3.63) is 77.6 Å². The van der Waals surface area contributed by atoms with Crippen molar-refractivity contribution in [1.82, 2.24) is 21.0 Å². The molecule has 49 heavy (non-hydrogen) atoms. The number of benzene rings is 2. The summed E-state index contributed by atoms with van der Waals surface area (Å²) in [4.78, 5) is 74.8. The van der Waals surface area contributed by atoms with E-state index in [0.717, 1.165) is 24.8 Å². The van der Waals surface area contributed by atoms with Gasteiger partial charge in [-0.05, 0) is 49.6 Å². The molecule has 0 aliphatic heterocycles. The number of amides is 4. The van der Waals surface area contributed by atoms with Crippen LogP contribution in [0.5, 0.6) is 5.75 Å². The molecule has 0 aliphatic carbocycles. The van der Waals surface area contributed by atoms with E-state index in [-0.39, 0.29) is 42.9 Å². The van der Waals surface area contributed by atoms with Crippen LogP contribution in [0.2, 0.25) is 0 Å². The highest BCUT2D eigenvalue weighted by Crippen LogP contribution is 2.33. The Morgan fingerprint density at radius 2 is 1.71 bits per heavy atom. The smallest absolute Gasteiger partial charge is 0.344 e. The summed E-state index contributed by atoms with van der Waals surface area (Å²) in [5.74, 6) is -1.79. The summed E-state index contributed by atoms with van der Waals surface area (Å²) >= 11 is 0. The van der Waals surface area contributed by atoms with Crippen LogP contribution in [-0.4, -0.2) is 64.6 Å². The normalized spacial score (nSPS) is 12.4. The molecule has 15 heteroatoms. The first-order chi connectivity index (χ1) is 23.5. The van der Waals surface area contributed by atoms with Gasteiger partial charge < -0.3 is 34.9 Å². The molecule has 0 unspecified atom stereocenters. The number of nitrogens with zero attached hydrogens (tertiary/aromatic N) is 1. The second-order valence-corrected chi connectivity index (χ2v) is 12.8. The van der Waals surface area contributed by atoms with E-state index in [1.807, 2.05) is 37.3 Å². The minimum absolute atomic E-state index is 0.0296. The molecule has 0 radical (unpaired) electrons. The molecule has 2 aromatic carbocycles. The number of rotatable bonds is 21. The molecule has 0 fully saturated rings. The fourth-order valence-electron chi connectivity index (χ4n) is 5.13. The van der Waals surface area contributed by atoms with Gasteiger partial charge >= 0.3 is 7.60 Å². The molecule has 14 nitrogen and oxygen atoms in total. The van der Waals surface area contributed by atoms with Crippen molar-refractivity contribution >= 4 is 31.7 Å². The van der Waals surface area contributed by atoms with Gasteiger partial charge in [-0.3, -0.25) is 28.6 Å². The molecule has 2 atom stereocenters. The van der Waals surface area contributed by atoms with Gasteiger partial charge in [-0.2, -0.15) is 0 Å². The van der Waals surface area contributed by atoms with E-state index in [4.69, 9.17) is 23.8 Å². The SMILES string of the molecule is CCCCC[C@@H](C(=O)NCNC(=O)c1ccc(-c2ccc(C(=O)NCP(=O)(O)O)c(OCC)c2)o1)[C@@H](CC)N(C=O)OCc1ccccc1. The number of hydrogen-bond donors (Lipinski definition) is 5. The third-order valence-electron chi connectivity index (χ3n) is 7.59. The van der Waals surface area contributed by atoms with E-state index in [0.29, 0.717) is 30.6 Å². The highest BCUT2D eigenvalue weighted by atomic mass is 31.2. The second-order valence-electron chi connectivity index (χ2n) is 11.2. The molecule has 5 N–H and O–H groups in total. The van der Waals surface area contributed by atoms with E-state index in [9.17, 15) is 23.7 Å². The molecule has 0 saturated heterocycles. The standard InChI is InChI=1S/C34H45N4O10P/c1-4-7-9-14-26(28(5-2)38(23-39)47-20-24-12-10-8-11-13-24)32(40)35-21-36-34(42)30-18-17-29(48-30)25-15-16-27(31(19-25)46-6-3)33(41)37-22-49(43,44)45/h8,10-13,15-19,23,26,28H,4-7,9,14,20-22H2,1-3H3,(H,35,40)(H,36,42)(H,37,41)(H2,43,44,45)/t26-,28-/m1/s1. The quantitative estimate of drug-likeness (QED) is 0.0345. The average Bonchev–Trinajstić information content (AvgIpc) is 3.59. The highest BCUT2D eigenvalue weighted by Gasteiger charge is 2.32. The molecule has 0 saturated carbocycles. The fourth-order valence-corrected chi connectivity index (χ4v) is 5.48. The van der Waals surface area contributed by atoms with Crippen LogP contribution in [0.25, 0.3) is 11.3 Å². The molecule has 3 aromatic rings. The predicted molar refractivity (Wildman–Crippen MR) is 181 cm³/mol. The van der Waals surface area contributed by atoms with Crippen molar-refractivity contribution in [2.45, 2.75) is 65.5 Å². The number of furan rings is 1. The Morgan fingerprint density at radius 3 is 2.37 bits per heavy atom. The van der Waals surface area contributed by atoms with Crippen LogP contribution in [0.1, 0.15) is 79.4 Å². The first kappa shape index (κ1) is 39.0. The lowest BCUT2D eigenvalue weighted by Gasteiger charge is -2.32. The molecular weight excluding hydrogens is 655 g/mol. The van der Waals surface area contributed by atoms with E-state index in [2.05, 4.69) is 22.9 Å². The Bertz CT molecular complexity index is 1580. The van der Waals surface area contributed by atoms with Crippen LogP contribution >= 0.6 is 7.60 Å². The summed E-state index contributed by atoms with van der Waals surface area (Å²) in [6, 6.07) is 16.4. The van der Waals surface area contributed by atoms with Crippen LogP contribution in [0.3, 0.4) is 0 Å².